The quantitative estimate of drug-likeness (QED) is 0.553. The zero-order valence-electron chi connectivity index (χ0n) is 6.00. The second kappa shape index (κ2) is 3.28. The molecule has 1 rings (SSSR count). The fourth-order valence-electron chi connectivity index (χ4n) is 1.17. The lowest BCUT2D eigenvalue weighted by Gasteiger charge is -2.19. The summed E-state index contributed by atoms with van der Waals surface area (Å²) in [5, 5.41) is 2.73. The molecule has 0 amide bonds. The molecule has 0 aliphatic carbocycles. The molecule has 60 valence electrons. The zero-order chi connectivity index (χ0) is 7.45. The van der Waals surface area contributed by atoms with Crippen LogP contribution in [0.2, 0.25) is 0 Å². The average molecular weight is 149 g/mol. The highest BCUT2D eigenvalue weighted by Crippen LogP contribution is 2.21. The third kappa shape index (κ3) is 2.60. The van der Waals surface area contributed by atoms with Crippen LogP contribution in [-0.2, 0) is 0 Å². The fraction of sp³-hybridized carbons (Fsp3) is 1.00. The summed E-state index contributed by atoms with van der Waals surface area (Å²) in [6.07, 6.45) is 2.70. The first-order valence-electron chi connectivity index (χ1n) is 3.79. The van der Waals surface area contributed by atoms with Gasteiger partial charge in [-0.1, -0.05) is 6.42 Å². The topological polar surface area (TPSA) is 12.0 Å². The first kappa shape index (κ1) is 7.92. The molecule has 0 bridgehead atoms. The van der Waals surface area contributed by atoms with Crippen LogP contribution >= 0.6 is 0 Å². The summed E-state index contributed by atoms with van der Waals surface area (Å²) in [6.45, 7) is 0.614. The second-order valence-corrected chi connectivity index (χ2v) is 2.84. The molecule has 1 fully saturated rings. The maximum absolute atomic E-state index is 12.6. The van der Waals surface area contributed by atoms with Crippen LogP contribution in [0.3, 0.4) is 0 Å². The lowest BCUT2D eigenvalue weighted by molar-refractivity contribution is -0.0118. The van der Waals surface area contributed by atoms with Crippen LogP contribution in [-0.4, -0.2) is 19.0 Å². The van der Waals surface area contributed by atoms with Crippen molar-refractivity contribution in [3.63, 3.8) is 0 Å². The van der Waals surface area contributed by atoms with Gasteiger partial charge in [0.05, 0.1) is 6.54 Å². The van der Waals surface area contributed by atoms with Crippen molar-refractivity contribution in [3.05, 3.63) is 0 Å². The molecule has 1 N–H and O–H groups in total. The highest BCUT2D eigenvalue weighted by Gasteiger charge is 2.28. The lowest BCUT2D eigenvalue weighted by atomic mass is 10.1. The van der Waals surface area contributed by atoms with Crippen molar-refractivity contribution in [2.24, 2.45) is 0 Å². The molecule has 0 aromatic carbocycles. The van der Waals surface area contributed by atoms with Crippen LogP contribution in [0.15, 0.2) is 0 Å². The zero-order valence-corrected chi connectivity index (χ0v) is 6.00. The molecule has 0 aromatic rings. The van der Waals surface area contributed by atoms with E-state index in [4.69, 9.17) is 0 Å². The molecule has 1 nitrogen and oxygen atoms in total. The molecule has 1 aliphatic rings. The monoisotopic (exact) mass is 149 g/mol. The van der Waals surface area contributed by atoms with E-state index < -0.39 is 5.92 Å². The first-order chi connectivity index (χ1) is 4.71. The molecular weight excluding hydrogens is 136 g/mol. The van der Waals surface area contributed by atoms with E-state index in [9.17, 15) is 8.78 Å². The van der Waals surface area contributed by atoms with Gasteiger partial charge in [0.15, 0.2) is 0 Å². The number of alkyl halides is 2. The Morgan fingerprint density at radius 1 is 1.10 bits per heavy atom. The summed E-state index contributed by atoms with van der Waals surface area (Å²) in [6, 6.07) is 0. The maximum Gasteiger partial charge on any atom is 0.260 e. The highest BCUT2D eigenvalue weighted by atomic mass is 19.3. The smallest absolute Gasteiger partial charge is 0.260 e. The Morgan fingerprint density at radius 3 is 2.70 bits per heavy atom. The molecule has 1 aliphatic heterocycles. The molecule has 3 heteroatoms. The van der Waals surface area contributed by atoms with E-state index in [1.54, 1.807) is 0 Å². The maximum atomic E-state index is 12.6. The van der Waals surface area contributed by atoms with Gasteiger partial charge >= 0.3 is 0 Å². The fourth-order valence-corrected chi connectivity index (χ4v) is 1.17. The molecule has 0 saturated carbocycles. The molecule has 10 heavy (non-hydrogen) atoms. The van der Waals surface area contributed by atoms with Crippen molar-refractivity contribution in [2.45, 2.75) is 31.6 Å². The van der Waals surface area contributed by atoms with Crippen molar-refractivity contribution >= 4 is 0 Å². The minimum Gasteiger partial charge on any atom is -0.311 e. The Hall–Kier alpha value is -0.180. The van der Waals surface area contributed by atoms with Crippen molar-refractivity contribution in [2.75, 3.05) is 13.1 Å². The summed E-state index contributed by atoms with van der Waals surface area (Å²) in [4.78, 5) is 0. The number of halogens is 2. The number of nitrogens with one attached hydrogen (secondary N) is 1. The second-order valence-electron chi connectivity index (χ2n) is 2.84. The summed E-state index contributed by atoms with van der Waals surface area (Å²) in [5.41, 5.74) is 0. The van der Waals surface area contributed by atoms with Gasteiger partial charge in [-0.15, -0.1) is 0 Å². The van der Waals surface area contributed by atoms with Gasteiger partial charge in [0.2, 0.25) is 0 Å². The van der Waals surface area contributed by atoms with Gasteiger partial charge in [0.1, 0.15) is 0 Å². The van der Waals surface area contributed by atoms with Gasteiger partial charge < -0.3 is 5.32 Å². The molecular formula is C7H13F2N. The normalized spacial score (nSPS) is 27.0. The summed E-state index contributed by atoms with van der Waals surface area (Å²) >= 11 is 0. The van der Waals surface area contributed by atoms with E-state index in [0.717, 1.165) is 19.4 Å². The van der Waals surface area contributed by atoms with E-state index in [1.165, 1.54) is 0 Å². The Kier molecular flexibility index (Phi) is 2.60. The molecule has 1 saturated heterocycles. The highest BCUT2D eigenvalue weighted by molar-refractivity contribution is 4.71. The first-order valence-corrected chi connectivity index (χ1v) is 3.79. The van der Waals surface area contributed by atoms with Crippen molar-refractivity contribution in [1.29, 1.82) is 0 Å². The third-order valence-electron chi connectivity index (χ3n) is 1.78. The van der Waals surface area contributed by atoms with Crippen LogP contribution in [0.25, 0.3) is 0 Å². The Labute approximate surface area is 59.8 Å². The van der Waals surface area contributed by atoms with Crippen LogP contribution in [0.4, 0.5) is 8.78 Å². The molecule has 0 aromatic heterocycles. The van der Waals surface area contributed by atoms with E-state index in [1.807, 2.05) is 0 Å². The van der Waals surface area contributed by atoms with Crippen molar-refractivity contribution in [1.82, 2.24) is 5.32 Å². The molecule has 1 heterocycles. The molecule has 0 spiro atoms. The van der Waals surface area contributed by atoms with Gasteiger partial charge in [-0.3, -0.25) is 0 Å². The lowest BCUT2D eigenvalue weighted by Crippen LogP contribution is -2.34. The Bertz CT molecular complexity index is 93.8. The van der Waals surface area contributed by atoms with E-state index >= 15 is 0 Å². The van der Waals surface area contributed by atoms with Crippen LogP contribution in [0, 0.1) is 0 Å². The number of rotatable bonds is 0. The molecule has 0 unspecified atom stereocenters. The predicted octanol–water partition coefficient (Wildman–Crippen LogP) is 1.79. The van der Waals surface area contributed by atoms with Crippen LogP contribution in [0.5, 0.6) is 0 Å². The van der Waals surface area contributed by atoms with Crippen molar-refractivity contribution in [3.8, 4) is 0 Å². The van der Waals surface area contributed by atoms with Gasteiger partial charge in [0, 0.05) is 6.42 Å². The number of hydrogen-bond donors (Lipinski definition) is 1. The minimum atomic E-state index is -2.46. The number of hydrogen-bond acceptors (Lipinski definition) is 1. The minimum absolute atomic E-state index is 0.0556. The Balaban J connectivity index is 2.30. The van der Waals surface area contributed by atoms with Crippen LogP contribution in [0.1, 0.15) is 25.7 Å². The standard InChI is InChI=1S/C7H13F2N/c8-7(9)4-2-1-3-5-10-6-7/h10H,1-6H2. The summed E-state index contributed by atoms with van der Waals surface area (Å²) in [5.74, 6) is -2.46. The van der Waals surface area contributed by atoms with E-state index in [0.29, 0.717) is 6.42 Å². The summed E-state index contributed by atoms with van der Waals surface area (Å²) < 4.78 is 25.2. The largest absolute Gasteiger partial charge is 0.311 e. The third-order valence-corrected chi connectivity index (χ3v) is 1.78. The van der Waals surface area contributed by atoms with Gasteiger partial charge in [-0.05, 0) is 19.4 Å². The van der Waals surface area contributed by atoms with E-state index in [-0.39, 0.29) is 13.0 Å². The predicted molar refractivity (Wildman–Crippen MR) is 36.3 cm³/mol. The SMILES string of the molecule is FC1(F)CCCCCNC1. The van der Waals surface area contributed by atoms with Gasteiger partial charge in [-0.25, -0.2) is 8.78 Å². The summed E-state index contributed by atoms with van der Waals surface area (Å²) in [7, 11) is 0. The van der Waals surface area contributed by atoms with Gasteiger partial charge in [0.25, 0.3) is 5.92 Å². The molecule has 0 radical (unpaired) electrons. The average Bonchev–Trinajstić information content (AvgIpc) is 1.81. The molecule has 0 atom stereocenters. The van der Waals surface area contributed by atoms with Crippen LogP contribution < -0.4 is 5.32 Å². The van der Waals surface area contributed by atoms with Gasteiger partial charge in [-0.2, -0.15) is 0 Å². The van der Waals surface area contributed by atoms with E-state index in [2.05, 4.69) is 5.32 Å². The Morgan fingerprint density at radius 2 is 1.90 bits per heavy atom. The van der Waals surface area contributed by atoms with Crippen molar-refractivity contribution < 1.29 is 8.78 Å².